The number of primary amides is 1. The summed E-state index contributed by atoms with van der Waals surface area (Å²) < 4.78 is 4.65. The maximum absolute atomic E-state index is 11.2. The molecule has 114 valence electrons. The van der Waals surface area contributed by atoms with Gasteiger partial charge < -0.3 is 5.73 Å². The first-order valence-corrected chi connectivity index (χ1v) is 8.44. The van der Waals surface area contributed by atoms with Crippen LogP contribution >= 0.6 is 11.3 Å². The fraction of sp³-hybridized carbons (Fsp3) is 0.438. The smallest absolute Gasteiger partial charge is 0.272 e. The maximum Gasteiger partial charge on any atom is 0.272 e. The number of quaternary nitrogens is 1. The van der Waals surface area contributed by atoms with E-state index in [-0.39, 0.29) is 5.91 Å². The minimum Gasteiger partial charge on any atom is -0.365 e. The number of aromatic nitrogens is 1. The lowest BCUT2D eigenvalue weighted by Crippen LogP contribution is -2.73. The molecule has 3 aliphatic heterocycles. The second-order valence-electron chi connectivity index (χ2n) is 6.49. The van der Waals surface area contributed by atoms with Gasteiger partial charge in [-0.3, -0.25) is 9.28 Å². The van der Waals surface area contributed by atoms with Crippen molar-refractivity contribution < 1.29 is 13.9 Å². The van der Waals surface area contributed by atoms with Crippen molar-refractivity contribution in [3.8, 4) is 0 Å². The standard InChI is InChI=1S/C16H19N4OS/c1-11-18-14-4-2-3-12(16(14)22-11)7-19-5-6-20(10-15(17)21)8-13(19)9-20/h2-4H,5-10H2,1H3,(H-,17,21)/q+1/p+1. The molecule has 3 aliphatic rings. The van der Waals surface area contributed by atoms with Gasteiger partial charge in [-0.05, 0) is 13.0 Å². The third-order valence-corrected chi connectivity index (χ3v) is 5.85. The molecule has 2 aromatic rings. The van der Waals surface area contributed by atoms with Crippen LogP contribution in [0.1, 0.15) is 10.6 Å². The topological polar surface area (TPSA) is 59.0 Å². The van der Waals surface area contributed by atoms with Crippen LogP contribution in [-0.2, 0) is 11.3 Å². The van der Waals surface area contributed by atoms with Gasteiger partial charge in [-0.15, -0.1) is 11.3 Å². The molecule has 0 unspecified atom stereocenters. The predicted octanol–water partition coefficient (Wildman–Crippen LogP) is 0.888. The van der Waals surface area contributed by atoms with Crippen LogP contribution in [0, 0.1) is 6.92 Å². The third-order valence-electron chi connectivity index (χ3n) is 4.78. The number of amides is 1. The van der Waals surface area contributed by atoms with E-state index in [0.29, 0.717) is 6.54 Å². The molecule has 6 heteroatoms. The summed E-state index contributed by atoms with van der Waals surface area (Å²) >= 11 is 1.78. The summed E-state index contributed by atoms with van der Waals surface area (Å²) in [6.45, 7) is 7.50. The summed E-state index contributed by atoms with van der Waals surface area (Å²) in [5.41, 5.74) is 9.30. The molecule has 2 N–H and O–H groups in total. The molecule has 1 fully saturated rings. The van der Waals surface area contributed by atoms with Crippen LogP contribution in [0.3, 0.4) is 0 Å². The number of carbonyl (C=O) groups excluding carboxylic acids is 1. The van der Waals surface area contributed by atoms with Crippen molar-refractivity contribution in [1.29, 1.82) is 0 Å². The Hall–Kier alpha value is -1.79. The van der Waals surface area contributed by atoms with Crippen molar-refractivity contribution in [2.24, 2.45) is 5.73 Å². The van der Waals surface area contributed by atoms with Crippen LogP contribution in [0.4, 0.5) is 0 Å². The Balaban J connectivity index is 1.59. The number of carbonyl (C=O) groups is 1. The highest BCUT2D eigenvalue weighted by Crippen LogP contribution is 2.28. The number of aryl methyl sites for hydroxylation is 1. The summed E-state index contributed by atoms with van der Waals surface area (Å²) in [6, 6.07) is 6.39. The van der Waals surface area contributed by atoms with E-state index >= 15 is 0 Å². The van der Waals surface area contributed by atoms with Gasteiger partial charge in [0.25, 0.3) is 11.6 Å². The Bertz CT molecular complexity index is 800. The van der Waals surface area contributed by atoms with Crippen LogP contribution in [0.25, 0.3) is 10.2 Å². The van der Waals surface area contributed by atoms with Crippen molar-refractivity contribution in [2.75, 3.05) is 32.7 Å². The molecule has 1 saturated heterocycles. The molecule has 1 amide bonds. The molecule has 0 atom stereocenters. The quantitative estimate of drug-likeness (QED) is 0.673. The van der Waals surface area contributed by atoms with Gasteiger partial charge in [0.2, 0.25) is 0 Å². The van der Waals surface area contributed by atoms with Gasteiger partial charge in [-0.2, -0.15) is 0 Å². The Labute approximate surface area is 133 Å². The van der Waals surface area contributed by atoms with Gasteiger partial charge in [0.05, 0.1) is 15.2 Å². The highest BCUT2D eigenvalue weighted by Gasteiger charge is 2.52. The van der Waals surface area contributed by atoms with Crippen LogP contribution in [0.5, 0.6) is 0 Å². The van der Waals surface area contributed by atoms with Crippen LogP contribution in [0.2, 0.25) is 0 Å². The Morgan fingerprint density at radius 1 is 1.45 bits per heavy atom. The van der Waals surface area contributed by atoms with Crippen molar-refractivity contribution in [1.82, 2.24) is 4.98 Å². The average Bonchev–Trinajstić information content (AvgIpc) is 2.80. The fourth-order valence-electron chi connectivity index (χ4n) is 3.74. The fourth-order valence-corrected chi connectivity index (χ4v) is 4.66. The van der Waals surface area contributed by atoms with E-state index in [4.69, 9.17) is 5.73 Å². The lowest BCUT2D eigenvalue weighted by Gasteiger charge is -2.46. The number of nitrogens with two attached hydrogens (primary N) is 1. The molecule has 0 aliphatic carbocycles. The largest absolute Gasteiger partial charge is 0.365 e. The number of nitrogens with zero attached hydrogens (tertiary/aromatic N) is 3. The maximum atomic E-state index is 11.2. The van der Waals surface area contributed by atoms with Crippen LogP contribution in [0.15, 0.2) is 18.2 Å². The third kappa shape index (κ3) is 2.23. The lowest BCUT2D eigenvalue weighted by atomic mass is 10.0. The molecular weight excluding hydrogens is 296 g/mol. The summed E-state index contributed by atoms with van der Waals surface area (Å²) in [5.74, 6) is -0.183. The second kappa shape index (κ2) is 4.86. The zero-order chi connectivity index (χ0) is 15.3. The van der Waals surface area contributed by atoms with Gasteiger partial charge in [0.1, 0.15) is 6.54 Å². The molecule has 0 radical (unpaired) electrons. The second-order valence-corrected chi connectivity index (χ2v) is 7.70. The summed E-state index contributed by atoms with van der Waals surface area (Å²) in [7, 11) is 0. The zero-order valence-corrected chi connectivity index (χ0v) is 13.5. The average molecular weight is 316 g/mol. The highest BCUT2D eigenvalue weighted by atomic mass is 32.1. The van der Waals surface area contributed by atoms with Crippen LogP contribution < -0.4 is 5.73 Å². The zero-order valence-electron chi connectivity index (χ0n) is 12.7. The van der Waals surface area contributed by atoms with E-state index in [1.807, 2.05) is 0 Å². The number of thiazole rings is 1. The van der Waals surface area contributed by atoms with E-state index < -0.39 is 0 Å². The number of hydrogen-bond acceptors (Lipinski definition) is 3. The molecule has 0 spiro atoms. The number of hydrogen-bond donors (Lipinski definition) is 1. The first-order chi connectivity index (χ1) is 10.5. The predicted molar refractivity (Wildman–Crippen MR) is 87.1 cm³/mol. The molecule has 0 saturated carbocycles. The summed E-state index contributed by atoms with van der Waals surface area (Å²) in [6.07, 6.45) is 0. The number of benzene rings is 1. The molecule has 5 rings (SSSR count). The summed E-state index contributed by atoms with van der Waals surface area (Å²) in [5, 5.41) is 1.12. The van der Waals surface area contributed by atoms with E-state index in [9.17, 15) is 4.79 Å². The van der Waals surface area contributed by atoms with Crippen molar-refractivity contribution in [3.63, 3.8) is 0 Å². The van der Waals surface area contributed by atoms with Crippen molar-refractivity contribution >= 4 is 33.2 Å². The number of fused-ring (bicyclic) bond motifs is 3. The molecule has 2 bridgehead atoms. The van der Waals surface area contributed by atoms with E-state index in [1.165, 1.54) is 16.0 Å². The lowest BCUT2D eigenvalue weighted by molar-refractivity contribution is -0.951. The van der Waals surface area contributed by atoms with Crippen molar-refractivity contribution in [2.45, 2.75) is 13.5 Å². The van der Waals surface area contributed by atoms with Crippen molar-refractivity contribution in [3.05, 3.63) is 28.8 Å². The van der Waals surface area contributed by atoms with E-state index in [1.54, 1.807) is 11.3 Å². The minimum atomic E-state index is -0.183. The Morgan fingerprint density at radius 2 is 2.27 bits per heavy atom. The molecule has 5 nitrogen and oxygen atoms in total. The molecule has 4 heterocycles. The SMILES string of the molecule is Cc1nc2cccc(C[N+]3=C4C[N+](CC(N)=O)(CC3)C4)c2s1. The van der Waals surface area contributed by atoms with Gasteiger partial charge >= 0.3 is 0 Å². The Morgan fingerprint density at radius 3 is 2.95 bits per heavy atom. The van der Waals surface area contributed by atoms with Gasteiger partial charge in [0.15, 0.2) is 32.7 Å². The van der Waals surface area contributed by atoms with E-state index in [0.717, 1.165) is 47.7 Å². The molecule has 1 aromatic carbocycles. The first-order valence-electron chi connectivity index (χ1n) is 7.63. The van der Waals surface area contributed by atoms with Gasteiger partial charge in [0, 0.05) is 5.56 Å². The van der Waals surface area contributed by atoms with E-state index in [2.05, 4.69) is 34.7 Å². The Kier molecular flexibility index (Phi) is 3.06. The molecular formula is C16H20N4OS+2. The molecule has 1 aromatic heterocycles. The summed E-state index contributed by atoms with van der Waals surface area (Å²) in [4.78, 5) is 15.8. The molecule has 22 heavy (non-hydrogen) atoms. The first kappa shape index (κ1) is 13.8. The highest BCUT2D eigenvalue weighted by molar-refractivity contribution is 7.18. The number of rotatable bonds is 4. The van der Waals surface area contributed by atoms with Gasteiger partial charge in [-0.1, -0.05) is 12.1 Å². The van der Waals surface area contributed by atoms with Gasteiger partial charge in [-0.25, -0.2) is 9.56 Å². The van der Waals surface area contributed by atoms with Crippen LogP contribution in [-0.4, -0.2) is 58.4 Å². The monoisotopic (exact) mass is 316 g/mol. The normalized spacial score (nSPS) is 19.3. The minimum absolute atomic E-state index is 0.183.